The molecule has 126 valence electrons. The zero-order chi connectivity index (χ0) is 17.0. The van der Waals surface area contributed by atoms with Gasteiger partial charge in [0.25, 0.3) is 0 Å². The van der Waals surface area contributed by atoms with Gasteiger partial charge in [-0.3, -0.25) is 14.5 Å². The molecule has 1 fully saturated rings. The van der Waals surface area contributed by atoms with Crippen molar-refractivity contribution in [3.63, 3.8) is 0 Å². The van der Waals surface area contributed by atoms with E-state index in [2.05, 4.69) is 5.32 Å². The minimum absolute atomic E-state index is 0.00928. The molecule has 1 N–H and O–H groups in total. The van der Waals surface area contributed by atoms with E-state index in [9.17, 15) is 18.4 Å². The third kappa shape index (κ3) is 4.72. The molecule has 0 atom stereocenters. The maximum atomic E-state index is 13.5. The highest BCUT2D eigenvalue weighted by Gasteiger charge is 2.26. The van der Waals surface area contributed by atoms with Crippen LogP contribution in [-0.2, 0) is 9.59 Å². The fraction of sp³-hybridized carbons (Fsp3) is 0.500. The van der Waals surface area contributed by atoms with Gasteiger partial charge in [-0.25, -0.2) is 8.78 Å². The maximum Gasteiger partial charge on any atom is 0.238 e. The number of hydrogen-bond donors (Lipinski definition) is 1. The standard InChI is InChI=1S/C16H21F2N3O2/c1-20(2)16(23)11-5-7-21(8-6-11)10-15(22)19-14-9-12(17)3-4-13(14)18/h3-4,9,11H,5-8,10H2,1-2H3,(H,19,22). The van der Waals surface area contributed by atoms with E-state index in [0.717, 1.165) is 18.2 Å². The van der Waals surface area contributed by atoms with Crippen molar-refractivity contribution >= 4 is 17.5 Å². The van der Waals surface area contributed by atoms with Crippen LogP contribution in [0.3, 0.4) is 0 Å². The van der Waals surface area contributed by atoms with Crippen LogP contribution in [0.5, 0.6) is 0 Å². The van der Waals surface area contributed by atoms with E-state index in [1.165, 1.54) is 0 Å². The smallest absolute Gasteiger partial charge is 0.238 e. The van der Waals surface area contributed by atoms with Crippen LogP contribution in [0.25, 0.3) is 0 Å². The molecule has 2 rings (SSSR count). The number of hydrogen-bond acceptors (Lipinski definition) is 3. The Morgan fingerprint density at radius 1 is 1.26 bits per heavy atom. The molecule has 0 radical (unpaired) electrons. The van der Waals surface area contributed by atoms with E-state index in [-0.39, 0.29) is 24.1 Å². The van der Waals surface area contributed by atoms with E-state index in [4.69, 9.17) is 0 Å². The fourth-order valence-corrected chi connectivity index (χ4v) is 2.69. The molecule has 0 aliphatic carbocycles. The number of carbonyl (C=O) groups is 2. The molecule has 0 spiro atoms. The highest BCUT2D eigenvalue weighted by Crippen LogP contribution is 2.19. The Kier molecular flexibility index (Phi) is 5.65. The molecule has 1 aliphatic rings. The van der Waals surface area contributed by atoms with Gasteiger partial charge < -0.3 is 10.2 Å². The summed E-state index contributed by atoms with van der Waals surface area (Å²) in [6.07, 6.45) is 1.39. The molecule has 0 saturated carbocycles. The number of nitrogens with zero attached hydrogens (tertiary/aromatic N) is 2. The lowest BCUT2D eigenvalue weighted by Gasteiger charge is -2.31. The van der Waals surface area contributed by atoms with Crippen molar-refractivity contribution in [3.8, 4) is 0 Å². The van der Waals surface area contributed by atoms with Crippen LogP contribution in [0, 0.1) is 17.6 Å². The molecular formula is C16H21F2N3O2. The van der Waals surface area contributed by atoms with Crippen molar-refractivity contribution in [3.05, 3.63) is 29.8 Å². The van der Waals surface area contributed by atoms with Crippen molar-refractivity contribution < 1.29 is 18.4 Å². The predicted molar refractivity (Wildman–Crippen MR) is 82.8 cm³/mol. The fourth-order valence-electron chi connectivity index (χ4n) is 2.69. The highest BCUT2D eigenvalue weighted by molar-refractivity contribution is 5.92. The van der Waals surface area contributed by atoms with Crippen LogP contribution < -0.4 is 5.32 Å². The van der Waals surface area contributed by atoms with E-state index >= 15 is 0 Å². The summed E-state index contributed by atoms with van der Waals surface area (Å²) in [5, 5.41) is 2.38. The summed E-state index contributed by atoms with van der Waals surface area (Å²) >= 11 is 0. The zero-order valence-electron chi connectivity index (χ0n) is 13.3. The van der Waals surface area contributed by atoms with Crippen molar-refractivity contribution in [2.45, 2.75) is 12.8 Å². The van der Waals surface area contributed by atoms with Crippen LogP contribution in [0.2, 0.25) is 0 Å². The topological polar surface area (TPSA) is 52.7 Å². The molecule has 1 aromatic carbocycles. The van der Waals surface area contributed by atoms with Gasteiger partial charge in [-0.1, -0.05) is 0 Å². The summed E-state index contributed by atoms with van der Waals surface area (Å²) in [6.45, 7) is 1.35. The molecule has 1 saturated heterocycles. The molecule has 0 unspecified atom stereocenters. The van der Waals surface area contributed by atoms with Crippen LogP contribution in [0.4, 0.5) is 14.5 Å². The second-order valence-electron chi connectivity index (χ2n) is 5.96. The minimum atomic E-state index is -0.671. The van der Waals surface area contributed by atoms with Gasteiger partial charge >= 0.3 is 0 Å². The second kappa shape index (κ2) is 7.50. The normalized spacial score (nSPS) is 16.2. The molecule has 0 aromatic heterocycles. The monoisotopic (exact) mass is 325 g/mol. The number of likely N-dealkylation sites (tertiary alicyclic amines) is 1. The van der Waals surface area contributed by atoms with Gasteiger partial charge in [-0.15, -0.1) is 0 Å². The number of rotatable bonds is 4. The number of halogens is 2. The summed E-state index contributed by atoms with van der Waals surface area (Å²) in [7, 11) is 3.46. The van der Waals surface area contributed by atoms with Gasteiger partial charge in [-0.05, 0) is 38.1 Å². The van der Waals surface area contributed by atoms with Gasteiger partial charge in [0.2, 0.25) is 11.8 Å². The Hall–Kier alpha value is -2.02. The van der Waals surface area contributed by atoms with Crippen LogP contribution in [-0.4, -0.2) is 55.3 Å². The number of carbonyl (C=O) groups excluding carboxylic acids is 2. The number of piperidine rings is 1. The molecule has 7 heteroatoms. The van der Waals surface area contributed by atoms with Gasteiger partial charge in [0.1, 0.15) is 11.6 Å². The summed E-state index contributed by atoms with van der Waals surface area (Å²) < 4.78 is 26.6. The van der Waals surface area contributed by atoms with Gasteiger partial charge in [-0.2, -0.15) is 0 Å². The lowest BCUT2D eigenvalue weighted by atomic mass is 9.95. The molecule has 1 aliphatic heterocycles. The van der Waals surface area contributed by atoms with Crippen LogP contribution in [0.1, 0.15) is 12.8 Å². The largest absolute Gasteiger partial charge is 0.349 e. The number of amides is 2. The summed E-state index contributed by atoms with van der Waals surface area (Å²) in [4.78, 5) is 27.3. The number of benzene rings is 1. The Labute approximate surface area is 134 Å². The lowest BCUT2D eigenvalue weighted by Crippen LogP contribution is -2.43. The van der Waals surface area contributed by atoms with Crippen molar-refractivity contribution in [2.24, 2.45) is 5.92 Å². The van der Waals surface area contributed by atoms with Crippen molar-refractivity contribution in [2.75, 3.05) is 39.0 Å². The first-order chi connectivity index (χ1) is 10.9. The Morgan fingerprint density at radius 3 is 2.52 bits per heavy atom. The van der Waals surface area contributed by atoms with Crippen LogP contribution in [0.15, 0.2) is 18.2 Å². The Balaban J connectivity index is 1.83. The molecule has 5 nitrogen and oxygen atoms in total. The molecular weight excluding hydrogens is 304 g/mol. The van der Waals surface area contributed by atoms with Crippen molar-refractivity contribution in [1.29, 1.82) is 0 Å². The molecule has 1 heterocycles. The first-order valence-electron chi connectivity index (χ1n) is 7.55. The average molecular weight is 325 g/mol. The zero-order valence-corrected chi connectivity index (χ0v) is 13.3. The summed E-state index contributed by atoms with van der Waals surface area (Å²) in [5.74, 6) is -1.58. The second-order valence-corrected chi connectivity index (χ2v) is 5.96. The number of anilines is 1. The third-order valence-corrected chi connectivity index (χ3v) is 3.95. The van der Waals surface area contributed by atoms with E-state index in [1.807, 2.05) is 4.90 Å². The highest BCUT2D eigenvalue weighted by atomic mass is 19.1. The molecule has 23 heavy (non-hydrogen) atoms. The Bertz CT molecular complexity index is 585. The summed E-state index contributed by atoms with van der Waals surface area (Å²) in [5.41, 5.74) is -0.160. The number of nitrogens with one attached hydrogen (secondary N) is 1. The van der Waals surface area contributed by atoms with Crippen LogP contribution >= 0.6 is 0 Å². The Morgan fingerprint density at radius 2 is 1.91 bits per heavy atom. The minimum Gasteiger partial charge on any atom is -0.349 e. The van der Waals surface area contributed by atoms with E-state index in [0.29, 0.717) is 25.9 Å². The van der Waals surface area contributed by atoms with E-state index < -0.39 is 17.5 Å². The maximum absolute atomic E-state index is 13.5. The van der Waals surface area contributed by atoms with Gasteiger partial charge in [0, 0.05) is 26.1 Å². The predicted octanol–water partition coefficient (Wildman–Crippen LogP) is 1.70. The van der Waals surface area contributed by atoms with Crippen molar-refractivity contribution in [1.82, 2.24) is 9.80 Å². The molecule has 1 aromatic rings. The quantitative estimate of drug-likeness (QED) is 0.917. The lowest BCUT2D eigenvalue weighted by molar-refractivity contribution is -0.134. The third-order valence-electron chi connectivity index (χ3n) is 3.95. The van der Waals surface area contributed by atoms with Gasteiger partial charge in [0.15, 0.2) is 0 Å². The average Bonchev–Trinajstić information content (AvgIpc) is 2.51. The van der Waals surface area contributed by atoms with E-state index in [1.54, 1.807) is 19.0 Å². The summed E-state index contributed by atoms with van der Waals surface area (Å²) in [6, 6.07) is 2.93. The van der Waals surface area contributed by atoms with Gasteiger partial charge in [0.05, 0.1) is 12.2 Å². The first-order valence-corrected chi connectivity index (χ1v) is 7.55. The first kappa shape index (κ1) is 17.3. The molecule has 2 amide bonds. The SMILES string of the molecule is CN(C)C(=O)C1CCN(CC(=O)Nc2cc(F)ccc2F)CC1. The molecule has 0 bridgehead atoms.